The fraction of sp³-hybridized carbons (Fsp3) is 1.00. The molecule has 0 aromatic heterocycles. The standard InChI is InChI=1S/C10H19FO2/c1-2-3-7-13-9-6-4-5-8(11)10(9)12/h8-10,12H,2-7H2,1H3/t8-,9-,10+/m0/s1. The van der Waals surface area contributed by atoms with E-state index in [4.69, 9.17) is 4.74 Å². The Morgan fingerprint density at radius 1 is 1.46 bits per heavy atom. The summed E-state index contributed by atoms with van der Waals surface area (Å²) in [5.74, 6) is 0. The lowest BCUT2D eigenvalue weighted by atomic mass is 9.93. The van der Waals surface area contributed by atoms with Gasteiger partial charge in [-0.1, -0.05) is 13.3 Å². The Kier molecular flexibility index (Phi) is 4.67. The number of hydrogen-bond acceptors (Lipinski definition) is 2. The zero-order valence-electron chi connectivity index (χ0n) is 8.21. The summed E-state index contributed by atoms with van der Waals surface area (Å²) < 4.78 is 18.4. The fourth-order valence-electron chi connectivity index (χ4n) is 1.65. The molecule has 1 aliphatic carbocycles. The SMILES string of the molecule is CCCCO[C@H]1CCC[C@H](F)[C@H]1O. The first-order valence-corrected chi connectivity index (χ1v) is 5.19. The van der Waals surface area contributed by atoms with Gasteiger partial charge in [0.05, 0.1) is 6.10 Å². The Bertz CT molecular complexity index is 141. The third-order valence-electron chi connectivity index (χ3n) is 2.55. The quantitative estimate of drug-likeness (QED) is 0.687. The van der Waals surface area contributed by atoms with Crippen molar-refractivity contribution in [1.29, 1.82) is 0 Å². The van der Waals surface area contributed by atoms with Gasteiger partial charge in [-0.15, -0.1) is 0 Å². The first kappa shape index (κ1) is 10.9. The van der Waals surface area contributed by atoms with Gasteiger partial charge in [-0.25, -0.2) is 4.39 Å². The molecule has 1 fully saturated rings. The van der Waals surface area contributed by atoms with Crippen LogP contribution >= 0.6 is 0 Å². The second-order valence-electron chi connectivity index (χ2n) is 3.70. The van der Waals surface area contributed by atoms with Crippen LogP contribution in [-0.2, 0) is 4.74 Å². The molecule has 0 bridgehead atoms. The molecule has 0 spiro atoms. The van der Waals surface area contributed by atoms with Crippen molar-refractivity contribution in [2.75, 3.05) is 6.61 Å². The lowest BCUT2D eigenvalue weighted by Gasteiger charge is -2.30. The molecule has 13 heavy (non-hydrogen) atoms. The Morgan fingerprint density at radius 3 is 2.92 bits per heavy atom. The molecule has 3 heteroatoms. The number of alkyl halides is 1. The Morgan fingerprint density at radius 2 is 2.23 bits per heavy atom. The largest absolute Gasteiger partial charge is 0.387 e. The summed E-state index contributed by atoms with van der Waals surface area (Å²) >= 11 is 0. The minimum absolute atomic E-state index is 0.268. The molecule has 1 rings (SSSR count). The van der Waals surface area contributed by atoms with E-state index in [0.717, 1.165) is 25.7 Å². The molecule has 1 aliphatic rings. The van der Waals surface area contributed by atoms with Gasteiger partial charge in [0.25, 0.3) is 0 Å². The predicted octanol–water partition coefficient (Wildman–Crippen LogP) is 2.05. The maximum atomic E-state index is 13.0. The van der Waals surface area contributed by atoms with E-state index >= 15 is 0 Å². The summed E-state index contributed by atoms with van der Waals surface area (Å²) in [5.41, 5.74) is 0. The van der Waals surface area contributed by atoms with Crippen LogP contribution in [0.1, 0.15) is 39.0 Å². The number of hydrogen-bond donors (Lipinski definition) is 1. The van der Waals surface area contributed by atoms with E-state index in [1.807, 2.05) is 0 Å². The molecule has 78 valence electrons. The number of ether oxygens (including phenoxy) is 1. The third-order valence-corrected chi connectivity index (χ3v) is 2.55. The topological polar surface area (TPSA) is 29.5 Å². The van der Waals surface area contributed by atoms with Crippen LogP contribution in [0.5, 0.6) is 0 Å². The highest BCUT2D eigenvalue weighted by Gasteiger charge is 2.32. The van der Waals surface area contributed by atoms with Crippen molar-refractivity contribution in [3.63, 3.8) is 0 Å². The number of aliphatic hydroxyl groups is 1. The molecule has 2 nitrogen and oxygen atoms in total. The van der Waals surface area contributed by atoms with Gasteiger partial charge in [0.2, 0.25) is 0 Å². The van der Waals surface area contributed by atoms with E-state index in [1.165, 1.54) is 0 Å². The summed E-state index contributed by atoms with van der Waals surface area (Å²) in [6, 6.07) is 0. The minimum atomic E-state index is -1.08. The molecule has 0 aromatic carbocycles. The predicted molar refractivity (Wildman–Crippen MR) is 49.4 cm³/mol. The second-order valence-corrected chi connectivity index (χ2v) is 3.70. The van der Waals surface area contributed by atoms with Gasteiger partial charge in [0.1, 0.15) is 12.3 Å². The van der Waals surface area contributed by atoms with Gasteiger partial charge in [0, 0.05) is 6.61 Å². The first-order valence-electron chi connectivity index (χ1n) is 5.19. The number of halogens is 1. The maximum Gasteiger partial charge on any atom is 0.128 e. The zero-order valence-corrected chi connectivity index (χ0v) is 8.21. The van der Waals surface area contributed by atoms with E-state index in [-0.39, 0.29) is 6.10 Å². The number of rotatable bonds is 4. The van der Waals surface area contributed by atoms with Crippen LogP contribution in [0.4, 0.5) is 4.39 Å². The number of aliphatic hydroxyl groups excluding tert-OH is 1. The fourth-order valence-corrected chi connectivity index (χ4v) is 1.65. The second kappa shape index (κ2) is 5.55. The average molecular weight is 190 g/mol. The molecule has 0 radical (unpaired) electrons. The smallest absolute Gasteiger partial charge is 0.128 e. The molecule has 0 amide bonds. The van der Waals surface area contributed by atoms with E-state index in [0.29, 0.717) is 13.0 Å². The molecule has 0 aromatic rings. The van der Waals surface area contributed by atoms with Gasteiger partial charge < -0.3 is 9.84 Å². The minimum Gasteiger partial charge on any atom is -0.387 e. The van der Waals surface area contributed by atoms with Crippen LogP contribution in [0.3, 0.4) is 0 Å². The molecule has 0 heterocycles. The van der Waals surface area contributed by atoms with Gasteiger partial charge in [-0.05, 0) is 25.7 Å². The first-order chi connectivity index (χ1) is 6.25. The lowest BCUT2D eigenvalue weighted by Crippen LogP contribution is -2.40. The third kappa shape index (κ3) is 3.24. The van der Waals surface area contributed by atoms with Crippen molar-refractivity contribution < 1.29 is 14.2 Å². The van der Waals surface area contributed by atoms with Crippen LogP contribution < -0.4 is 0 Å². The monoisotopic (exact) mass is 190 g/mol. The van der Waals surface area contributed by atoms with Gasteiger partial charge >= 0.3 is 0 Å². The highest BCUT2D eigenvalue weighted by Crippen LogP contribution is 2.24. The van der Waals surface area contributed by atoms with Crippen molar-refractivity contribution in [3.8, 4) is 0 Å². The summed E-state index contributed by atoms with van der Waals surface area (Å²) in [4.78, 5) is 0. The molecular formula is C10H19FO2. The van der Waals surface area contributed by atoms with Gasteiger partial charge in [-0.2, -0.15) is 0 Å². The van der Waals surface area contributed by atoms with E-state index in [1.54, 1.807) is 0 Å². The zero-order chi connectivity index (χ0) is 9.68. The average Bonchev–Trinajstić information content (AvgIpc) is 2.13. The molecule has 0 saturated heterocycles. The van der Waals surface area contributed by atoms with E-state index < -0.39 is 12.3 Å². The van der Waals surface area contributed by atoms with Crippen molar-refractivity contribution in [2.45, 2.75) is 57.4 Å². The molecule has 1 saturated carbocycles. The molecule has 1 N–H and O–H groups in total. The van der Waals surface area contributed by atoms with E-state index in [2.05, 4.69) is 6.92 Å². The molecule has 3 atom stereocenters. The summed E-state index contributed by atoms with van der Waals surface area (Å²) in [7, 11) is 0. The maximum absolute atomic E-state index is 13.0. The molecule has 0 unspecified atom stereocenters. The Labute approximate surface area is 79.1 Å². The van der Waals surface area contributed by atoms with Crippen LogP contribution in [0.2, 0.25) is 0 Å². The van der Waals surface area contributed by atoms with Crippen LogP contribution in [0.15, 0.2) is 0 Å². The Balaban J connectivity index is 2.23. The van der Waals surface area contributed by atoms with Crippen LogP contribution in [0, 0.1) is 0 Å². The normalized spacial score (nSPS) is 34.8. The summed E-state index contributed by atoms with van der Waals surface area (Å²) in [6.07, 6.45) is 1.92. The van der Waals surface area contributed by atoms with Crippen molar-refractivity contribution in [2.24, 2.45) is 0 Å². The van der Waals surface area contributed by atoms with Crippen LogP contribution in [0.25, 0.3) is 0 Å². The van der Waals surface area contributed by atoms with Crippen molar-refractivity contribution >= 4 is 0 Å². The highest BCUT2D eigenvalue weighted by molar-refractivity contribution is 4.82. The summed E-state index contributed by atoms with van der Waals surface area (Å²) in [5, 5.41) is 9.44. The van der Waals surface area contributed by atoms with Crippen molar-refractivity contribution in [1.82, 2.24) is 0 Å². The van der Waals surface area contributed by atoms with Crippen LogP contribution in [-0.4, -0.2) is 30.1 Å². The van der Waals surface area contributed by atoms with E-state index in [9.17, 15) is 9.50 Å². The van der Waals surface area contributed by atoms with Gasteiger partial charge in [-0.3, -0.25) is 0 Å². The number of unbranched alkanes of at least 4 members (excludes halogenated alkanes) is 1. The van der Waals surface area contributed by atoms with Crippen molar-refractivity contribution in [3.05, 3.63) is 0 Å². The Hall–Kier alpha value is -0.150. The molecular weight excluding hydrogens is 171 g/mol. The van der Waals surface area contributed by atoms with Gasteiger partial charge in [0.15, 0.2) is 0 Å². The molecule has 0 aliphatic heterocycles. The summed E-state index contributed by atoms with van der Waals surface area (Å²) in [6.45, 7) is 2.73. The lowest BCUT2D eigenvalue weighted by molar-refractivity contribution is -0.0915. The highest BCUT2D eigenvalue weighted by atomic mass is 19.1.